The van der Waals surface area contributed by atoms with Gasteiger partial charge < -0.3 is 23.3 Å². The van der Waals surface area contributed by atoms with Gasteiger partial charge >= 0.3 is 0 Å². The highest BCUT2D eigenvalue weighted by molar-refractivity contribution is 6.07. The second kappa shape index (κ2) is 8.52. The summed E-state index contributed by atoms with van der Waals surface area (Å²) in [7, 11) is 3.25. The normalized spacial score (nSPS) is 15.8. The quantitative estimate of drug-likeness (QED) is 0.393. The zero-order valence-electron chi connectivity index (χ0n) is 20.0. The van der Waals surface area contributed by atoms with E-state index in [0.29, 0.717) is 46.1 Å². The Kier molecular flexibility index (Phi) is 5.51. The topological polar surface area (TPSA) is 90.8 Å². The Labute approximate surface area is 197 Å². The van der Waals surface area contributed by atoms with Crippen molar-refractivity contribution in [1.82, 2.24) is 15.0 Å². The molecule has 3 aromatic heterocycles. The third kappa shape index (κ3) is 3.59. The van der Waals surface area contributed by atoms with Crippen LogP contribution in [0.4, 0.5) is 0 Å². The summed E-state index contributed by atoms with van der Waals surface area (Å²) < 4.78 is 22.2. The van der Waals surface area contributed by atoms with Gasteiger partial charge in [-0.05, 0) is 57.9 Å². The fraction of sp³-hybridized carbons (Fsp3) is 0.346. The van der Waals surface area contributed by atoms with Crippen molar-refractivity contribution in [2.24, 2.45) is 0 Å². The molecule has 1 aliphatic rings. The number of nitrogens with zero attached hydrogens (tertiary/aromatic N) is 3. The van der Waals surface area contributed by atoms with Crippen molar-refractivity contribution < 1.29 is 23.2 Å². The summed E-state index contributed by atoms with van der Waals surface area (Å²) in [5.41, 5.74) is 3.92. The number of likely N-dealkylation sites (tertiary alicyclic amines) is 1. The third-order valence-electron chi connectivity index (χ3n) is 6.48. The number of furan rings is 1. The third-order valence-corrected chi connectivity index (χ3v) is 6.48. The highest BCUT2D eigenvalue weighted by atomic mass is 16.5. The summed E-state index contributed by atoms with van der Waals surface area (Å²) in [4.78, 5) is 20.6. The van der Waals surface area contributed by atoms with E-state index in [1.165, 1.54) is 0 Å². The van der Waals surface area contributed by atoms with Crippen molar-refractivity contribution >= 4 is 17.0 Å². The number of rotatable bonds is 5. The summed E-state index contributed by atoms with van der Waals surface area (Å²) in [5, 5.41) is 4.72. The molecule has 0 saturated carbocycles. The van der Waals surface area contributed by atoms with E-state index in [1.54, 1.807) is 14.2 Å². The molecular formula is C26H27N3O5. The lowest BCUT2D eigenvalue weighted by molar-refractivity contribution is 0.0736. The molecule has 4 heterocycles. The molecule has 1 fully saturated rings. The smallest absolute Gasteiger partial charge is 0.259 e. The minimum atomic E-state index is -0.113. The Morgan fingerprint density at radius 3 is 2.65 bits per heavy atom. The van der Waals surface area contributed by atoms with Crippen LogP contribution in [0.1, 0.15) is 52.0 Å². The van der Waals surface area contributed by atoms with E-state index in [9.17, 15) is 4.79 Å². The van der Waals surface area contributed by atoms with Crippen LogP contribution >= 0.6 is 0 Å². The molecule has 8 nitrogen and oxygen atoms in total. The standard InChI is InChI=1S/C26H27N3O5/c1-14-11-19(16(3)33-14)21-13-20(24-15(2)28-34-25(24)27-21)26(30)29-10-6-7-22(29)18-9-8-17(31-4)12-23(18)32-5/h8-9,11-13,22H,6-7,10H2,1-5H3. The summed E-state index contributed by atoms with van der Waals surface area (Å²) in [6.45, 7) is 6.24. The van der Waals surface area contributed by atoms with Crippen molar-refractivity contribution in [1.29, 1.82) is 0 Å². The number of hydrogen-bond donors (Lipinski definition) is 0. The lowest BCUT2D eigenvalue weighted by Gasteiger charge is -2.27. The fourth-order valence-electron chi connectivity index (χ4n) is 4.87. The van der Waals surface area contributed by atoms with Crippen LogP contribution in [0.25, 0.3) is 22.4 Å². The Bertz CT molecular complexity index is 1390. The molecule has 0 radical (unpaired) electrons. The van der Waals surface area contributed by atoms with Gasteiger partial charge in [0.15, 0.2) is 0 Å². The number of aryl methyl sites for hydroxylation is 3. The van der Waals surface area contributed by atoms with Gasteiger partial charge in [0, 0.05) is 23.7 Å². The van der Waals surface area contributed by atoms with Crippen LogP contribution in [0, 0.1) is 20.8 Å². The molecular weight excluding hydrogens is 434 g/mol. The number of carbonyl (C=O) groups excluding carboxylic acids is 1. The average molecular weight is 462 g/mol. The van der Waals surface area contributed by atoms with Gasteiger partial charge in [0.25, 0.3) is 11.6 Å². The molecule has 0 aliphatic carbocycles. The van der Waals surface area contributed by atoms with Crippen LogP contribution in [-0.2, 0) is 0 Å². The maximum atomic E-state index is 14.0. The lowest BCUT2D eigenvalue weighted by atomic mass is 10.0. The number of ether oxygens (including phenoxy) is 2. The van der Waals surface area contributed by atoms with Crippen LogP contribution in [-0.4, -0.2) is 41.7 Å². The number of carbonyl (C=O) groups is 1. The van der Waals surface area contributed by atoms with Gasteiger partial charge in [0.2, 0.25) is 0 Å². The Morgan fingerprint density at radius 2 is 1.94 bits per heavy atom. The van der Waals surface area contributed by atoms with Crippen LogP contribution in [0.2, 0.25) is 0 Å². The maximum Gasteiger partial charge on any atom is 0.259 e. The van der Waals surface area contributed by atoms with E-state index < -0.39 is 0 Å². The number of pyridine rings is 1. The molecule has 5 rings (SSSR count). The first-order valence-electron chi connectivity index (χ1n) is 11.3. The molecule has 8 heteroatoms. The molecule has 0 N–H and O–H groups in total. The number of hydrogen-bond acceptors (Lipinski definition) is 7. The van der Waals surface area contributed by atoms with Crippen molar-refractivity contribution in [3.8, 4) is 22.8 Å². The van der Waals surface area contributed by atoms with Gasteiger partial charge in [-0.25, -0.2) is 4.98 Å². The van der Waals surface area contributed by atoms with E-state index in [0.717, 1.165) is 35.5 Å². The second-order valence-electron chi connectivity index (χ2n) is 8.59. The maximum absolute atomic E-state index is 14.0. The van der Waals surface area contributed by atoms with E-state index >= 15 is 0 Å². The van der Waals surface area contributed by atoms with E-state index in [2.05, 4.69) is 10.1 Å². The van der Waals surface area contributed by atoms with Crippen LogP contribution < -0.4 is 9.47 Å². The van der Waals surface area contributed by atoms with Crippen molar-refractivity contribution in [2.45, 2.75) is 39.7 Å². The minimum Gasteiger partial charge on any atom is -0.497 e. The fourth-order valence-corrected chi connectivity index (χ4v) is 4.87. The van der Waals surface area contributed by atoms with Crippen molar-refractivity contribution in [3.63, 3.8) is 0 Å². The van der Waals surface area contributed by atoms with Gasteiger partial charge in [-0.2, -0.15) is 0 Å². The molecule has 1 atom stereocenters. The van der Waals surface area contributed by atoms with Crippen LogP contribution in [0.3, 0.4) is 0 Å². The summed E-state index contributed by atoms with van der Waals surface area (Å²) >= 11 is 0. The molecule has 176 valence electrons. The van der Waals surface area contributed by atoms with Crippen LogP contribution in [0.15, 0.2) is 39.3 Å². The van der Waals surface area contributed by atoms with Crippen molar-refractivity contribution in [3.05, 3.63) is 58.7 Å². The van der Waals surface area contributed by atoms with Gasteiger partial charge in [-0.1, -0.05) is 5.16 Å². The minimum absolute atomic E-state index is 0.0850. The molecule has 4 aromatic rings. The van der Waals surface area contributed by atoms with Crippen molar-refractivity contribution in [2.75, 3.05) is 20.8 Å². The molecule has 1 aliphatic heterocycles. The van der Waals surface area contributed by atoms with E-state index in [4.69, 9.17) is 18.4 Å². The SMILES string of the molecule is COc1ccc(C2CCCN2C(=O)c2cc(-c3cc(C)oc3C)nc3onc(C)c23)c(OC)c1. The Balaban J connectivity index is 1.60. The molecule has 34 heavy (non-hydrogen) atoms. The predicted molar refractivity (Wildman–Crippen MR) is 126 cm³/mol. The first-order chi connectivity index (χ1) is 16.4. The van der Waals surface area contributed by atoms with E-state index in [1.807, 2.05) is 56.0 Å². The molecule has 1 saturated heterocycles. The number of amides is 1. The van der Waals surface area contributed by atoms with Crippen LogP contribution in [0.5, 0.6) is 11.5 Å². The molecule has 1 amide bonds. The molecule has 1 unspecified atom stereocenters. The first kappa shape index (κ1) is 22.0. The molecule has 0 bridgehead atoms. The number of aromatic nitrogens is 2. The second-order valence-corrected chi connectivity index (χ2v) is 8.59. The highest BCUT2D eigenvalue weighted by Crippen LogP contribution is 2.40. The monoisotopic (exact) mass is 461 g/mol. The zero-order chi connectivity index (χ0) is 24.0. The Hall–Kier alpha value is -3.81. The zero-order valence-corrected chi connectivity index (χ0v) is 20.0. The van der Waals surface area contributed by atoms with E-state index in [-0.39, 0.29) is 11.9 Å². The van der Waals surface area contributed by atoms with Gasteiger partial charge in [0.1, 0.15) is 23.0 Å². The molecule has 0 spiro atoms. The predicted octanol–water partition coefficient (Wildman–Crippen LogP) is 5.40. The lowest BCUT2D eigenvalue weighted by Crippen LogP contribution is -2.31. The number of fused-ring (bicyclic) bond motifs is 1. The summed E-state index contributed by atoms with van der Waals surface area (Å²) in [5.74, 6) is 2.85. The van der Waals surface area contributed by atoms with Gasteiger partial charge in [0.05, 0.1) is 42.6 Å². The average Bonchev–Trinajstić information content (AvgIpc) is 3.56. The molecule has 1 aromatic carbocycles. The summed E-state index contributed by atoms with van der Waals surface area (Å²) in [6.07, 6.45) is 1.74. The summed E-state index contributed by atoms with van der Waals surface area (Å²) in [6, 6.07) is 9.36. The highest BCUT2D eigenvalue weighted by Gasteiger charge is 2.34. The Morgan fingerprint density at radius 1 is 1.12 bits per heavy atom. The number of methoxy groups -OCH3 is 2. The number of benzene rings is 1. The first-order valence-corrected chi connectivity index (χ1v) is 11.3. The van der Waals surface area contributed by atoms with Gasteiger partial charge in [-0.15, -0.1) is 0 Å². The van der Waals surface area contributed by atoms with Gasteiger partial charge in [-0.3, -0.25) is 4.79 Å². The largest absolute Gasteiger partial charge is 0.497 e.